The van der Waals surface area contributed by atoms with Gasteiger partial charge in [0, 0.05) is 19.2 Å². The van der Waals surface area contributed by atoms with Crippen LogP contribution in [0.15, 0.2) is 58.2 Å². The Morgan fingerprint density at radius 3 is 2.66 bits per heavy atom. The van der Waals surface area contributed by atoms with E-state index in [2.05, 4.69) is 15.2 Å². The van der Waals surface area contributed by atoms with Crippen LogP contribution in [0.5, 0.6) is 0 Å². The number of aryl methyl sites for hydroxylation is 1. The quantitative estimate of drug-likeness (QED) is 0.517. The van der Waals surface area contributed by atoms with Gasteiger partial charge in [0.05, 0.1) is 24.0 Å². The van der Waals surface area contributed by atoms with Gasteiger partial charge in [-0.15, -0.1) is 0 Å². The second-order valence-corrected chi connectivity index (χ2v) is 8.15. The van der Waals surface area contributed by atoms with Gasteiger partial charge in [0.2, 0.25) is 0 Å². The Hall–Kier alpha value is -3.79. The third kappa shape index (κ3) is 3.58. The van der Waals surface area contributed by atoms with E-state index in [9.17, 15) is 14.7 Å². The molecule has 0 aliphatic carbocycles. The number of fused-ring (bicyclic) bond motifs is 1. The van der Waals surface area contributed by atoms with Gasteiger partial charge in [-0.05, 0) is 31.9 Å². The summed E-state index contributed by atoms with van der Waals surface area (Å²) in [4.78, 5) is 31.6. The van der Waals surface area contributed by atoms with Crippen molar-refractivity contribution in [2.24, 2.45) is 0 Å². The van der Waals surface area contributed by atoms with E-state index >= 15 is 0 Å². The number of likely N-dealkylation sites (tertiary alicyclic amines) is 1. The monoisotopic (exact) mass is 434 g/mol. The highest BCUT2D eigenvalue weighted by Crippen LogP contribution is 2.25. The van der Waals surface area contributed by atoms with E-state index in [1.807, 2.05) is 30.3 Å². The fraction of sp³-hybridized carbons (Fsp3) is 0.318. The van der Waals surface area contributed by atoms with Crippen LogP contribution in [0, 0.1) is 6.92 Å². The molecule has 164 valence electrons. The van der Waals surface area contributed by atoms with Crippen molar-refractivity contribution in [1.82, 2.24) is 29.4 Å². The molecule has 0 saturated carbocycles. The fourth-order valence-corrected chi connectivity index (χ4v) is 4.05. The lowest BCUT2D eigenvalue weighted by Gasteiger charge is -2.38. The summed E-state index contributed by atoms with van der Waals surface area (Å²) in [5.41, 5.74) is 0.153. The Balaban J connectivity index is 1.33. The third-order valence-electron chi connectivity index (χ3n) is 5.85. The molecular formula is C22H22N6O4. The van der Waals surface area contributed by atoms with Gasteiger partial charge in [-0.1, -0.05) is 23.4 Å². The number of carbonyl (C=O) groups excluding carboxylic acids is 1. The van der Waals surface area contributed by atoms with Gasteiger partial charge in [0.15, 0.2) is 11.3 Å². The summed E-state index contributed by atoms with van der Waals surface area (Å²) in [5.74, 6) is 0.345. The van der Waals surface area contributed by atoms with Crippen LogP contribution in [0.25, 0.3) is 16.7 Å². The Bertz CT molecular complexity index is 1330. The van der Waals surface area contributed by atoms with Crippen molar-refractivity contribution in [3.63, 3.8) is 0 Å². The Morgan fingerprint density at radius 1 is 1.22 bits per heavy atom. The SMILES string of the molecule is Cc1cc(C(=O)N2CCC(O)(Cn3cnc4c(cnn4-c4ccccc4)c3=O)CC2)no1. The summed E-state index contributed by atoms with van der Waals surface area (Å²) < 4.78 is 8.01. The largest absolute Gasteiger partial charge is 0.388 e. The van der Waals surface area contributed by atoms with Crippen molar-refractivity contribution < 1.29 is 14.4 Å². The smallest absolute Gasteiger partial charge is 0.276 e. The number of rotatable bonds is 4. The van der Waals surface area contributed by atoms with Crippen LogP contribution in [0.2, 0.25) is 0 Å². The lowest BCUT2D eigenvalue weighted by Crippen LogP contribution is -2.49. The van der Waals surface area contributed by atoms with E-state index < -0.39 is 5.60 Å². The zero-order chi connectivity index (χ0) is 22.3. The molecule has 1 amide bonds. The number of amides is 1. The van der Waals surface area contributed by atoms with Gasteiger partial charge >= 0.3 is 0 Å². The fourth-order valence-electron chi connectivity index (χ4n) is 4.05. The molecule has 0 spiro atoms. The first-order valence-corrected chi connectivity index (χ1v) is 10.4. The molecule has 3 aromatic heterocycles. The van der Waals surface area contributed by atoms with Crippen molar-refractivity contribution in [1.29, 1.82) is 0 Å². The first-order chi connectivity index (χ1) is 15.4. The summed E-state index contributed by atoms with van der Waals surface area (Å²) >= 11 is 0. The van der Waals surface area contributed by atoms with E-state index in [0.717, 1.165) is 5.69 Å². The van der Waals surface area contributed by atoms with Crippen LogP contribution < -0.4 is 5.56 Å². The van der Waals surface area contributed by atoms with Gasteiger partial charge in [-0.2, -0.15) is 5.10 Å². The molecule has 5 rings (SSSR count). The predicted molar refractivity (Wildman–Crippen MR) is 114 cm³/mol. The molecule has 1 aromatic carbocycles. The molecule has 0 bridgehead atoms. The van der Waals surface area contributed by atoms with E-state index in [-0.39, 0.29) is 23.7 Å². The zero-order valence-electron chi connectivity index (χ0n) is 17.5. The highest BCUT2D eigenvalue weighted by Gasteiger charge is 2.35. The molecule has 4 heterocycles. The van der Waals surface area contributed by atoms with Gasteiger partial charge in [-0.25, -0.2) is 9.67 Å². The van der Waals surface area contributed by atoms with E-state index in [0.29, 0.717) is 42.7 Å². The zero-order valence-corrected chi connectivity index (χ0v) is 17.5. The third-order valence-corrected chi connectivity index (χ3v) is 5.85. The van der Waals surface area contributed by atoms with Crippen LogP contribution in [0.3, 0.4) is 0 Å². The molecular weight excluding hydrogens is 412 g/mol. The maximum Gasteiger partial charge on any atom is 0.276 e. The van der Waals surface area contributed by atoms with Crippen molar-refractivity contribution in [2.75, 3.05) is 13.1 Å². The summed E-state index contributed by atoms with van der Waals surface area (Å²) in [6.07, 6.45) is 3.62. The highest BCUT2D eigenvalue weighted by atomic mass is 16.5. The van der Waals surface area contributed by atoms with Crippen LogP contribution >= 0.6 is 0 Å². The van der Waals surface area contributed by atoms with Crippen molar-refractivity contribution in [3.8, 4) is 5.69 Å². The topological polar surface area (TPSA) is 119 Å². The minimum atomic E-state index is -1.12. The lowest BCUT2D eigenvalue weighted by atomic mass is 9.91. The molecule has 1 fully saturated rings. The average molecular weight is 434 g/mol. The van der Waals surface area contributed by atoms with Gasteiger partial charge in [-0.3, -0.25) is 14.2 Å². The molecule has 0 atom stereocenters. The highest BCUT2D eigenvalue weighted by molar-refractivity contribution is 5.92. The molecule has 1 aliphatic heterocycles. The number of hydrogen-bond acceptors (Lipinski definition) is 7. The van der Waals surface area contributed by atoms with Gasteiger partial charge in [0.1, 0.15) is 17.5 Å². The van der Waals surface area contributed by atoms with E-state index in [4.69, 9.17) is 4.52 Å². The lowest BCUT2D eigenvalue weighted by molar-refractivity contribution is -0.0301. The molecule has 1 aliphatic rings. The molecule has 32 heavy (non-hydrogen) atoms. The normalized spacial score (nSPS) is 15.9. The summed E-state index contributed by atoms with van der Waals surface area (Å²) in [6.45, 7) is 2.54. The van der Waals surface area contributed by atoms with Crippen LogP contribution in [-0.4, -0.2) is 59.1 Å². The van der Waals surface area contributed by atoms with Gasteiger partial charge in [0.25, 0.3) is 11.5 Å². The number of benzene rings is 1. The maximum atomic E-state index is 13.0. The Labute approximate surface area is 182 Å². The second kappa shape index (κ2) is 7.72. The molecule has 0 radical (unpaired) electrons. The van der Waals surface area contributed by atoms with Crippen LogP contribution in [0.4, 0.5) is 0 Å². The van der Waals surface area contributed by atoms with E-state index in [1.165, 1.54) is 17.1 Å². The first kappa shape index (κ1) is 20.1. The molecule has 1 saturated heterocycles. The molecule has 0 unspecified atom stereocenters. The summed E-state index contributed by atoms with van der Waals surface area (Å²) in [7, 11) is 0. The number of piperidine rings is 1. The summed E-state index contributed by atoms with van der Waals surface area (Å²) in [5, 5.41) is 19.6. The number of carbonyl (C=O) groups is 1. The van der Waals surface area contributed by atoms with Crippen molar-refractivity contribution >= 4 is 16.9 Å². The maximum absolute atomic E-state index is 13.0. The minimum absolute atomic E-state index is 0.0936. The molecule has 1 N–H and O–H groups in total. The Morgan fingerprint density at radius 2 is 1.97 bits per heavy atom. The number of nitrogens with zero attached hydrogens (tertiary/aromatic N) is 6. The Kier molecular flexibility index (Phi) is 4.86. The van der Waals surface area contributed by atoms with Crippen molar-refractivity contribution in [2.45, 2.75) is 31.9 Å². The molecule has 10 heteroatoms. The summed E-state index contributed by atoms with van der Waals surface area (Å²) in [6, 6.07) is 11.1. The standard InChI is InChI=1S/C22H22N6O4/c1-15-11-18(25-32-15)21(30)26-9-7-22(31,8-10-26)13-27-14-23-19-17(20(27)29)12-24-28(19)16-5-3-2-4-6-16/h2-6,11-12,14,31H,7-10,13H2,1H3. The molecule has 10 nitrogen and oxygen atoms in total. The average Bonchev–Trinajstić information content (AvgIpc) is 3.43. The predicted octanol–water partition coefficient (Wildman–Crippen LogP) is 1.55. The second-order valence-electron chi connectivity index (χ2n) is 8.15. The molecule has 4 aromatic rings. The van der Waals surface area contributed by atoms with Crippen molar-refractivity contribution in [3.05, 3.63) is 70.7 Å². The van der Waals surface area contributed by atoms with Crippen LogP contribution in [-0.2, 0) is 6.54 Å². The van der Waals surface area contributed by atoms with E-state index in [1.54, 1.807) is 22.6 Å². The minimum Gasteiger partial charge on any atom is -0.388 e. The number of para-hydroxylation sites is 1. The number of hydrogen-bond donors (Lipinski definition) is 1. The number of aromatic nitrogens is 5. The van der Waals surface area contributed by atoms with Gasteiger partial charge < -0.3 is 14.5 Å². The number of aliphatic hydroxyl groups is 1. The van der Waals surface area contributed by atoms with Crippen LogP contribution in [0.1, 0.15) is 29.1 Å². The first-order valence-electron chi connectivity index (χ1n) is 10.4.